The molecule has 0 radical (unpaired) electrons. The third-order valence-electron chi connectivity index (χ3n) is 3.05. The highest BCUT2D eigenvalue weighted by Gasteiger charge is 2.28. The Kier molecular flexibility index (Phi) is 3.91. The lowest BCUT2D eigenvalue weighted by atomic mass is 9.79. The van der Waals surface area contributed by atoms with Crippen LogP contribution in [0, 0.1) is 11.8 Å². The van der Waals surface area contributed by atoms with Gasteiger partial charge >= 0.3 is 0 Å². The van der Waals surface area contributed by atoms with Crippen molar-refractivity contribution < 1.29 is 9.90 Å². The van der Waals surface area contributed by atoms with Gasteiger partial charge in [0, 0.05) is 5.92 Å². The van der Waals surface area contributed by atoms with Gasteiger partial charge in [-0.05, 0) is 25.2 Å². The zero-order valence-corrected chi connectivity index (χ0v) is 8.62. The Morgan fingerprint density at radius 1 is 1.54 bits per heavy atom. The lowest BCUT2D eigenvalue weighted by molar-refractivity contribution is -0.132. The number of hydrogen-bond donors (Lipinski definition) is 1. The number of aliphatic hydroxyl groups excluding tert-OH is 1. The van der Waals surface area contributed by atoms with E-state index in [-0.39, 0.29) is 11.7 Å². The molecule has 1 saturated carbocycles. The molecule has 0 aromatic heterocycles. The van der Waals surface area contributed by atoms with Crippen LogP contribution in [-0.2, 0) is 4.79 Å². The van der Waals surface area contributed by atoms with Crippen LogP contribution in [-0.4, -0.2) is 17.0 Å². The molecule has 1 aliphatic carbocycles. The number of hydrogen-bond acceptors (Lipinski definition) is 2. The summed E-state index contributed by atoms with van der Waals surface area (Å²) in [6, 6.07) is 0. The molecular weight excluding hydrogens is 164 g/mol. The summed E-state index contributed by atoms with van der Waals surface area (Å²) < 4.78 is 0. The van der Waals surface area contributed by atoms with Crippen molar-refractivity contribution in [3.05, 3.63) is 0 Å². The third-order valence-corrected chi connectivity index (χ3v) is 3.05. The Morgan fingerprint density at radius 3 is 2.77 bits per heavy atom. The van der Waals surface area contributed by atoms with E-state index in [9.17, 15) is 9.90 Å². The minimum atomic E-state index is -0.713. The summed E-state index contributed by atoms with van der Waals surface area (Å²) in [6.07, 6.45) is 4.20. The van der Waals surface area contributed by atoms with Crippen molar-refractivity contribution in [3.8, 4) is 0 Å². The molecule has 3 unspecified atom stereocenters. The average Bonchev–Trinajstić information content (AvgIpc) is 2.15. The van der Waals surface area contributed by atoms with E-state index in [0.717, 1.165) is 19.3 Å². The number of carbonyl (C=O) groups is 1. The molecule has 0 aromatic rings. The fraction of sp³-hybridized carbons (Fsp3) is 0.909. The topological polar surface area (TPSA) is 37.3 Å². The Bertz CT molecular complexity index is 177. The summed E-state index contributed by atoms with van der Waals surface area (Å²) in [5.74, 6) is 0.875. The smallest absolute Gasteiger partial charge is 0.164 e. The van der Waals surface area contributed by atoms with Crippen molar-refractivity contribution in [2.45, 2.75) is 52.1 Å². The fourth-order valence-corrected chi connectivity index (χ4v) is 2.17. The second-order valence-electron chi connectivity index (χ2n) is 4.30. The van der Waals surface area contributed by atoms with Crippen molar-refractivity contribution >= 4 is 5.78 Å². The zero-order chi connectivity index (χ0) is 9.84. The maximum Gasteiger partial charge on any atom is 0.164 e. The van der Waals surface area contributed by atoms with Crippen LogP contribution in [0.1, 0.15) is 46.0 Å². The largest absolute Gasteiger partial charge is 0.385 e. The molecule has 0 aromatic carbocycles. The summed E-state index contributed by atoms with van der Waals surface area (Å²) in [4.78, 5) is 11.6. The summed E-state index contributed by atoms with van der Waals surface area (Å²) in [5, 5.41) is 9.42. The Hall–Kier alpha value is -0.370. The van der Waals surface area contributed by atoms with Crippen LogP contribution in [0.3, 0.4) is 0 Å². The van der Waals surface area contributed by atoms with E-state index in [4.69, 9.17) is 0 Å². The fourth-order valence-electron chi connectivity index (χ4n) is 2.17. The highest BCUT2D eigenvalue weighted by Crippen LogP contribution is 2.30. The lowest BCUT2D eigenvalue weighted by Crippen LogP contribution is -2.30. The molecular formula is C11H20O2. The van der Waals surface area contributed by atoms with Gasteiger partial charge in [-0.15, -0.1) is 0 Å². The molecule has 0 saturated heterocycles. The van der Waals surface area contributed by atoms with Crippen molar-refractivity contribution in [2.75, 3.05) is 0 Å². The summed E-state index contributed by atoms with van der Waals surface area (Å²) >= 11 is 0. The molecule has 1 fully saturated rings. The summed E-state index contributed by atoms with van der Waals surface area (Å²) in [6.45, 7) is 4.05. The number of carbonyl (C=O) groups excluding carboxylic acids is 1. The molecule has 0 spiro atoms. The van der Waals surface area contributed by atoms with Gasteiger partial charge in [-0.1, -0.05) is 26.7 Å². The monoisotopic (exact) mass is 184 g/mol. The van der Waals surface area contributed by atoms with Gasteiger partial charge in [0.05, 0.1) is 0 Å². The molecule has 76 valence electrons. The van der Waals surface area contributed by atoms with Gasteiger partial charge in [0.1, 0.15) is 6.10 Å². The Balaban J connectivity index is 2.46. The predicted octanol–water partition coefficient (Wildman–Crippen LogP) is 2.15. The zero-order valence-electron chi connectivity index (χ0n) is 8.62. The van der Waals surface area contributed by atoms with E-state index in [1.807, 2.05) is 6.92 Å². The Labute approximate surface area is 80.3 Å². The standard InChI is InChI=1S/C11H20O2/c1-3-10(12)11(13)9-6-4-5-8(2)7-9/h8-10,12H,3-7H2,1-2H3. The molecule has 2 heteroatoms. The van der Waals surface area contributed by atoms with Crippen molar-refractivity contribution in [1.29, 1.82) is 0 Å². The van der Waals surface area contributed by atoms with Crippen LogP contribution in [0.2, 0.25) is 0 Å². The SMILES string of the molecule is CCC(O)C(=O)C1CCCC(C)C1. The molecule has 0 heterocycles. The highest BCUT2D eigenvalue weighted by molar-refractivity contribution is 5.85. The molecule has 13 heavy (non-hydrogen) atoms. The minimum absolute atomic E-state index is 0.0778. The van der Waals surface area contributed by atoms with Crippen LogP contribution in [0.15, 0.2) is 0 Å². The second kappa shape index (κ2) is 4.75. The third kappa shape index (κ3) is 2.80. The highest BCUT2D eigenvalue weighted by atomic mass is 16.3. The van der Waals surface area contributed by atoms with Gasteiger partial charge in [-0.2, -0.15) is 0 Å². The van der Waals surface area contributed by atoms with Crippen molar-refractivity contribution in [2.24, 2.45) is 11.8 Å². The molecule has 1 aliphatic rings. The van der Waals surface area contributed by atoms with Crippen LogP contribution in [0.25, 0.3) is 0 Å². The van der Waals surface area contributed by atoms with Crippen molar-refractivity contribution in [3.63, 3.8) is 0 Å². The number of aliphatic hydroxyl groups is 1. The molecule has 2 nitrogen and oxygen atoms in total. The number of rotatable bonds is 3. The maximum absolute atomic E-state index is 11.6. The first-order chi connectivity index (χ1) is 6.15. The normalized spacial score (nSPS) is 31.3. The van der Waals surface area contributed by atoms with Crippen LogP contribution in [0.5, 0.6) is 0 Å². The second-order valence-corrected chi connectivity index (χ2v) is 4.30. The van der Waals surface area contributed by atoms with E-state index in [1.165, 1.54) is 6.42 Å². The van der Waals surface area contributed by atoms with E-state index in [0.29, 0.717) is 12.3 Å². The van der Waals surface area contributed by atoms with Crippen LogP contribution < -0.4 is 0 Å². The summed E-state index contributed by atoms with van der Waals surface area (Å²) in [7, 11) is 0. The van der Waals surface area contributed by atoms with E-state index in [1.54, 1.807) is 0 Å². The Morgan fingerprint density at radius 2 is 2.23 bits per heavy atom. The molecule has 0 bridgehead atoms. The van der Waals surface area contributed by atoms with Crippen LogP contribution >= 0.6 is 0 Å². The van der Waals surface area contributed by atoms with Crippen molar-refractivity contribution in [1.82, 2.24) is 0 Å². The number of Topliss-reactive ketones (excluding diaryl/α,β-unsaturated/α-hetero) is 1. The van der Waals surface area contributed by atoms with Gasteiger partial charge < -0.3 is 5.11 Å². The summed E-state index contributed by atoms with van der Waals surface area (Å²) in [5.41, 5.74) is 0. The first kappa shape index (κ1) is 10.7. The van der Waals surface area contributed by atoms with Gasteiger partial charge in [-0.25, -0.2) is 0 Å². The average molecular weight is 184 g/mol. The van der Waals surface area contributed by atoms with Crippen LogP contribution in [0.4, 0.5) is 0 Å². The van der Waals surface area contributed by atoms with Gasteiger partial charge in [0.15, 0.2) is 5.78 Å². The lowest BCUT2D eigenvalue weighted by Gasteiger charge is -2.26. The molecule has 0 aliphatic heterocycles. The maximum atomic E-state index is 11.6. The van der Waals surface area contributed by atoms with Gasteiger partial charge in [-0.3, -0.25) is 4.79 Å². The van der Waals surface area contributed by atoms with Gasteiger partial charge in [0.25, 0.3) is 0 Å². The van der Waals surface area contributed by atoms with Gasteiger partial charge in [0.2, 0.25) is 0 Å². The molecule has 0 amide bonds. The van der Waals surface area contributed by atoms with E-state index in [2.05, 4.69) is 6.92 Å². The quantitative estimate of drug-likeness (QED) is 0.729. The number of ketones is 1. The molecule has 3 atom stereocenters. The minimum Gasteiger partial charge on any atom is -0.385 e. The molecule has 1 N–H and O–H groups in total. The predicted molar refractivity (Wildman–Crippen MR) is 52.4 cm³/mol. The van der Waals surface area contributed by atoms with E-state index >= 15 is 0 Å². The molecule has 1 rings (SSSR count). The first-order valence-electron chi connectivity index (χ1n) is 5.37. The first-order valence-corrected chi connectivity index (χ1v) is 5.37. The van der Waals surface area contributed by atoms with E-state index < -0.39 is 6.10 Å².